The van der Waals surface area contributed by atoms with Crippen molar-refractivity contribution in [3.63, 3.8) is 0 Å². The lowest BCUT2D eigenvalue weighted by molar-refractivity contribution is 0.188. The van der Waals surface area contributed by atoms with Crippen LogP contribution in [0, 0.1) is 0 Å². The second-order valence-electron chi connectivity index (χ2n) is 1.29. The van der Waals surface area contributed by atoms with E-state index >= 15 is 0 Å². The SMILES string of the molecule is CCNC(O)C=C=O. The highest BCUT2D eigenvalue weighted by molar-refractivity contribution is 5.45. The quantitative estimate of drug-likeness (QED) is 0.378. The van der Waals surface area contributed by atoms with Crippen LogP contribution < -0.4 is 5.32 Å². The highest BCUT2D eigenvalue weighted by Gasteiger charge is 1.91. The van der Waals surface area contributed by atoms with Crippen molar-refractivity contribution in [2.24, 2.45) is 0 Å². The van der Waals surface area contributed by atoms with Crippen LogP contribution in [0.4, 0.5) is 0 Å². The fraction of sp³-hybridized carbons (Fsp3) is 0.600. The Morgan fingerprint density at radius 1 is 2.00 bits per heavy atom. The summed E-state index contributed by atoms with van der Waals surface area (Å²) in [6.07, 6.45) is 0.182. The highest BCUT2D eigenvalue weighted by atomic mass is 16.3. The molecule has 0 amide bonds. The Kier molecular flexibility index (Phi) is 4.17. The van der Waals surface area contributed by atoms with Crippen molar-refractivity contribution < 1.29 is 9.90 Å². The molecule has 0 heterocycles. The highest BCUT2D eigenvalue weighted by Crippen LogP contribution is 1.71. The Labute approximate surface area is 48.0 Å². The third-order valence-electron chi connectivity index (χ3n) is 0.639. The second-order valence-corrected chi connectivity index (χ2v) is 1.29. The Morgan fingerprint density at radius 3 is 3.00 bits per heavy atom. The fourth-order valence-electron chi connectivity index (χ4n) is 0.333. The third kappa shape index (κ3) is 3.56. The van der Waals surface area contributed by atoms with Gasteiger partial charge in [0.1, 0.15) is 12.2 Å². The van der Waals surface area contributed by atoms with Crippen LogP contribution in [0.5, 0.6) is 0 Å². The lowest BCUT2D eigenvalue weighted by Crippen LogP contribution is -2.25. The summed E-state index contributed by atoms with van der Waals surface area (Å²) in [4.78, 5) is 9.51. The molecule has 0 aliphatic carbocycles. The summed E-state index contributed by atoms with van der Waals surface area (Å²) in [5.74, 6) is 1.46. The summed E-state index contributed by atoms with van der Waals surface area (Å²) in [7, 11) is 0. The standard InChI is InChI=1S/C5H9NO2/c1-2-6-5(8)3-4-7/h3,5-6,8H,2H2,1H3. The maximum absolute atomic E-state index is 9.51. The number of aliphatic hydroxyl groups excluding tert-OH is 1. The van der Waals surface area contributed by atoms with E-state index in [0.717, 1.165) is 6.08 Å². The Morgan fingerprint density at radius 2 is 2.62 bits per heavy atom. The molecule has 46 valence electrons. The molecule has 0 spiro atoms. The van der Waals surface area contributed by atoms with Crippen LogP contribution in [0.1, 0.15) is 6.92 Å². The van der Waals surface area contributed by atoms with E-state index in [4.69, 9.17) is 5.11 Å². The molecular formula is C5H9NO2. The van der Waals surface area contributed by atoms with E-state index in [0.29, 0.717) is 6.54 Å². The minimum Gasteiger partial charge on any atom is -0.374 e. The van der Waals surface area contributed by atoms with E-state index in [-0.39, 0.29) is 0 Å². The van der Waals surface area contributed by atoms with E-state index in [9.17, 15) is 4.79 Å². The molecule has 0 aliphatic heterocycles. The van der Waals surface area contributed by atoms with Crippen molar-refractivity contribution in [2.45, 2.75) is 13.2 Å². The molecule has 0 aromatic heterocycles. The van der Waals surface area contributed by atoms with Crippen molar-refractivity contribution in [3.05, 3.63) is 6.08 Å². The number of likely N-dealkylation sites (N-methyl/N-ethyl adjacent to an activating group) is 1. The lowest BCUT2D eigenvalue weighted by Gasteiger charge is -2.00. The first-order valence-corrected chi connectivity index (χ1v) is 2.43. The minimum absolute atomic E-state index is 0.638. The molecule has 0 saturated carbocycles. The predicted octanol–water partition coefficient (Wildman–Crippen LogP) is -0.698. The molecule has 2 N–H and O–H groups in total. The van der Waals surface area contributed by atoms with Crippen LogP contribution in [-0.2, 0) is 4.79 Å². The smallest absolute Gasteiger partial charge is 0.134 e. The van der Waals surface area contributed by atoms with Crippen molar-refractivity contribution in [3.8, 4) is 0 Å². The summed E-state index contributed by atoms with van der Waals surface area (Å²) >= 11 is 0. The summed E-state index contributed by atoms with van der Waals surface area (Å²) in [6.45, 7) is 2.47. The van der Waals surface area contributed by atoms with E-state index in [2.05, 4.69) is 5.32 Å². The number of aliphatic hydroxyl groups is 1. The molecule has 0 aromatic rings. The lowest BCUT2D eigenvalue weighted by atomic mass is 10.5. The monoisotopic (exact) mass is 115 g/mol. The van der Waals surface area contributed by atoms with Gasteiger partial charge in [-0.25, -0.2) is 4.79 Å². The maximum Gasteiger partial charge on any atom is 0.134 e. The summed E-state index contributed by atoms with van der Waals surface area (Å²) < 4.78 is 0. The first-order valence-electron chi connectivity index (χ1n) is 2.43. The normalized spacial score (nSPS) is 12.2. The molecule has 0 fully saturated rings. The molecule has 8 heavy (non-hydrogen) atoms. The molecule has 0 radical (unpaired) electrons. The Balaban J connectivity index is 3.31. The van der Waals surface area contributed by atoms with E-state index in [1.165, 1.54) is 5.94 Å². The van der Waals surface area contributed by atoms with Crippen LogP contribution in [0.15, 0.2) is 6.08 Å². The molecule has 0 saturated heterocycles. The van der Waals surface area contributed by atoms with Gasteiger partial charge in [-0.2, -0.15) is 0 Å². The van der Waals surface area contributed by atoms with Gasteiger partial charge < -0.3 is 5.11 Å². The third-order valence-corrected chi connectivity index (χ3v) is 0.639. The van der Waals surface area contributed by atoms with E-state index in [1.54, 1.807) is 0 Å². The maximum atomic E-state index is 9.51. The van der Waals surface area contributed by atoms with Crippen LogP contribution in [-0.4, -0.2) is 23.8 Å². The molecular weight excluding hydrogens is 106 g/mol. The number of hydrogen-bond donors (Lipinski definition) is 2. The summed E-state index contributed by atoms with van der Waals surface area (Å²) in [5, 5.41) is 11.2. The van der Waals surface area contributed by atoms with Crippen LogP contribution >= 0.6 is 0 Å². The predicted molar refractivity (Wildman–Crippen MR) is 29.9 cm³/mol. The zero-order valence-electron chi connectivity index (χ0n) is 4.72. The second kappa shape index (κ2) is 4.53. The molecule has 3 heteroatoms. The van der Waals surface area contributed by atoms with Gasteiger partial charge >= 0.3 is 0 Å². The Hall–Kier alpha value is -0.630. The van der Waals surface area contributed by atoms with Gasteiger partial charge in [0.2, 0.25) is 0 Å². The van der Waals surface area contributed by atoms with Crippen molar-refractivity contribution in [2.75, 3.05) is 6.54 Å². The van der Waals surface area contributed by atoms with Gasteiger partial charge in [0.15, 0.2) is 0 Å². The molecule has 1 atom stereocenters. The number of carbonyl (C=O) groups excluding carboxylic acids is 1. The fourth-order valence-corrected chi connectivity index (χ4v) is 0.333. The van der Waals surface area contributed by atoms with Crippen LogP contribution in [0.3, 0.4) is 0 Å². The average Bonchev–Trinajstić information content (AvgIpc) is 1.68. The van der Waals surface area contributed by atoms with E-state index < -0.39 is 6.23 Å². The van der Waals surface area contributed by atoms with Gasteiger partial charge in [-0.05, 0) is 6.54 Å². The minimum atomic E-state index is -0.836. The van der Waals surface area contributed by atoms with Gasteiger partial charge in [0.25, 0.3) is 0 Å². The number of nitrogens with one attached hydrogen (secondary N) is 1. The van der Waals surface area contributed by atoms with Crippen LogP contribution in [0.25, 0.3) is 0 Å². The van der Waals surface area contributed by atoms with E-state index in [1.807, 2.05) is 6.92 Å². The van der Waals surface area contributed by atoms with Gasteiger partial charge in [-0.1, -0.05) is 6.92 Å². The average molecular weight is 115 g/mol. The number of hydrogen-bond acceptors (Lipinski definition) is 3. The summed E-state index contributed by atoms with van der Waals surface area (Å²) in [6, 6.07) is 0. The van der Waals surface area contributed by atoms with Gasteiger partial charge in [0, 0.05) is 6.08 Å². The molecule has 3 nitrogen and oxygen atoms in total. The molecule has 0 bridgehead atoms. The zero-order chi connectivity index (χ0) is 6.41. The first-order chi connectivity index (χ1) is 3.81. The van der Waals surface area contributed by atoms with Crippen LogP contribution in [0.2, 0.25) is 0 Å². The topological polar surface area (TPSA) is 49.3 Å². The summed E-state index contributed by atoms with van der Waals surface area (Å²) in [5.41, 5.74) is 0. The first kappa shape index (κ1) is 7.37. The zero-order valence-corrected chi connectivity index (χ0v) is 4.72. The number of rotatable bonds is 3. The molecule has 0 aromatic carbocycles. The van der Waals surface area contributed by atoms with Gasteiger partial charge in [-0.15, -0.1) is 0 Å². The largest absolute Gasteiger partial charge is 0.374 e. The van der Waals surface area contributed by atoms with Crippen molar-refractivity contribution in [1.82, 2.24) is 5.32 Å². The van der Waals surface area contributed by atoms with Gasteiger partial charge in [-0.3, -0.25) is 5.32 Å². The van der Waals surface area contributed by atoms with Crippen molar-refractivity contribution in [1.29, 1.82) is 0 Å². The molecule has 0 rings (SSSR count). The Bertz CT molecular complexity index is 96.6. The van der Waals surface area contributed by atoms with Gasteiger partial charge in [0.05, 0.1) is 0 Å². The van der Waals surface area contributed by atoms with Crippen molar-refractivity contribution >= 4 is 5.94 Å². The molecule has 1 unspecified atom stereocenters. The molecule has 0 aliphatic rings.